The number of hydrogen-bond acceptors (Lipinski definition) is 11. The second-order valence-electron chi connectivity index (χ2n) is 11.0. The quantitative estimate of drug-likeness (QED) is 0.101. The Morgan fingerprint density at radius 2 is 1.74 bits per heavy atom. The van der Waals surface area contributed by atoms with Gasteiger partial charge in [0, 0.05) is 17.1 Å². The lowest BCUT2D eigenvalue weighted by Crippen LogP contribution is -2.45. The summed E-state index contributed by atoms with van der Waals surface area (Å²) in [5, 5.41) is 7.53. The number of nitrogens with one attached hydrogen (secondary N) is 3. The van der Waals surface area contributed by atoms with Crippen LogP contribution >= 0.6 is 23.2 Å². The van der Waals surface area contributed by atoms with Crippen molar-refractivity contribution < 1.29 is 38.2 Å². The molecule has 262 valence electrons. The molecule has 1 aliphatic rings. The molecule has 1 fully saturated rings. The molecule has 0 radical (unpaired) electrons. The molecule has 1 saturated heterocycles. The average molecular weight is 728 g/mol. The summed E-state index contributed by atoms with van der Waals surface area (Å²) >= 11 is 12.4. The van der Waals surface area contributed by atoms with Crippen LogP contribution in [-0.4, -0.2) is 65.6 Å². The summed E-state index contributed by atoms with van der Waals surface area (Å²) in [6.07, 6.45) is -0.00883. The minimum atomic E-state index is -2.02. The number of hydrogen-bond donors (Lipinski definition) is 3. The Hall–Kier alpha value is -5.38. The van der Waals surface area contributed by atoms with Gasteiger partial charge in [0.1, 0.15) is 25.3 Å². The Morgan fingerprint density at radius 3 is 2.38 bits per heavy atom. The van der Waals surface area contributed by atoms with Crippen LogP contribution in [0.5, 0.6) is 11.5 Å². The number of anilines is 2. The van der Waals surface area contributed by atoms with Gasteiger partial charge < -0.3 is 29.7 Å². The van der Waals surface area contributed by atoms with E-state index in [1.54, 1.807) is 12.1 Å². The maximum Gasteiger partial charge on any atom is 0.332 e. The summed E-state index contributed by atoms with van der Waals surface area (Å²) < 4.78 is 18.0. The van der Waals surface area contributed by atoms with E-state index in [1.165, 1.54) is 25.3 Å². The standard InChI is InChI=1S/C33H32Cl2N6O9/c1-6-25(50-23-9-7-16(2)11-17(23)3)49-15-36-19-8-10-24(47-4)22(14-19)37-29(42)27(40-32(45)30(43)39-33(40)46)28-38-26-20(31(44)41(28)48-5)12-18(34)13-21(26)35/h7-14,25,27,36H,6,15H2,1-5H3,(H,37,42)(H,39,43,46). The third kappa shape index (κ3) is 7.29. The summed E-state index contributed by atoms with van der Waals surface area (Å²) in [5.74, 6) is -3.38. The zero-order valence-corrected chi connectivity index (χ0v) is 29.0. The fourth-order valence-electron chi connectivity index (χ4n) is 5.20. The highest BCUT2D eigenvalue weighted by molar-refractivity contribution is 6.45. The van der Waals surface area contributed by atoms with Gasteiger partial charge in [-0.25, -0.2) is 14.7 Å². The molecule has 17 heteroatoms. The molecule has 0 bridgehead atoms. The number of aryl methyl sites for hydroxylation is 2. The Labute approximate surface area is 295 Å². The minimum Gasteiger partial charge on any atom is -0.495 e. The first kappa shape index (κ1) is 35.9. The van der Waals surface area contributed by atoms with Crippen molar-refractivity contribution in [3.63, 3.8) is 0 Å². The van der Waals surface area contributed by atoms with Crippen molar-refractivity contribution in [1.29, 1.82) is 0 Å². The first-order valence-electron chi connectivity index (χ1n) is 15.1. The summed E-state index contributed by atoms with van der Waals surface area (Å²) in [4.78, 5) is 75.6. The predicted octanol–water partition coefficient (Wildman–Crippen LogP) is 4.35. The second kappa shape index (κ2) is 15.0. The van der Waals surface area contributed by atoms with Gasteiger partial charge in [-0.1, -0.05) is 47.8 Å². The van der Waals surface area contributed by atoms with Crippen molar-refractivity contribution in [2.75, 3.05) is 31.6 Å². The SMILES string of the molecule is CCC(OCNc1ccc(OC)c(NC(=O)C(c2nc3c(Cl)cc(Cl)cc3c(=O)n2OC)N2C(=O)NC(=O)C2=O)c1)Oc1ccc(C)cc1C. The lowest BCUT2D eigenvalue weighted by atomic mass is 10.1. The summed E-state index contributed by atoms with van der Waals surface area (Å²) in [6.45, 7) is 5.88. The molecule has 3 N–H and O–H groups in total. The van der Waals surface area contributed by atoms with Gasteiger partial charge in [0.15, 0.2) is 11.9 Å². The monoisotopic (exact) mass is 726 g/mol. The highest BCUT2D eigenvalue weighted by Gasteiger charge is 2.47. The topological polar surface area (TPSA) is 179 Å². The Balaban J connectivity index is 1.45. The van der Waals surface area contributed by atoms with Crippen LogP contribution in [0, 0.1) is 13.8 Å². The van der Waals surface area contributed by atoms with Gasteiger partial charge in [-0.15, -0.1) is 4.73 Å². The number of rotatable bonds is 13. The highest BCUT2D eigenvalue weighted by Crippen LogP contribution is 2.32. The molecule has 50 heavy (non-hydrogen) atoms. The molecule has 1 aliphatic heterocycles. The van der Waals surface area contributed by atoms with Gasteiger partial charge in [0.25, 0.3) is 11.5 Å². The van der Waals surface area contributed by atoms with Crippen molar-refractivity contribution in [3.05, 3.63) is 85.9 Å². The highest BCUT2D eigenvalue weighted by atomic mass is 35.5. The molecular weight excluding hydrogens is 695 g/mol. The van der Waals surface area contributed by atoms with Crippen LogP contribution in [0.2, 0.25) is 10.0 Å². The molecule has 2 heterocycles. The number of amides is 5. The molecule has 0 saturated carbocycles. The summed E-state index contributed by atoms with van der Waals surface area (Å²) in [6, 6.07) is 9.93. The maximum atomic E-state index is 14.1. The van der Waals surface area contributed by atoms with E-state index in [4.69, 9.17) is 42.3 Å². The molecule has 5 rings (SSSR count). The number of benzene rings is 3. The number of imide groups is 2. The van der Waals surface area contributed by atoms with E-state index in [0.717, 1.165) is 18.2 Å². The number of nitrogens with zero attached hydrogens (tertiary/aromatic N) is 3. The Kier molecular flexibility index (Phi) is 10.8. The van der Waals surface area contributed by atoms with Crippen molar-refractivity contribution in [1.82, 2.24) is 19.9 Å². The molecule has 2 atom stereocenters. The molecule has 5 amide bonds. The van der Waals surface area contributed by atoms with E-state index < -0.39 is 47.5 Å². The summed E-state index contributed by atoms with van der Waals surface area (Å²) in [7, 11) is 2.47. The maximum absolute atomic E-state index is 14.1. The third-order valence-corrected chi connectivity index (χ3v) is 8.09. The fourth-order valence-corrected chi connectivity index (χ4v) is 5.74. The van der Waals surface area contributed by atoms with E-state index in [2.05, 4.69) is 15.6 Å². The number of halogens is 2. The molecule has 0 spiro atoms. The fraction of sp³-hybridized carbons (Fsp3) is 0.273. The molecule has 3 aromatic carbocycles. The van der Waals surface area contributed by atoms with Crippen molar-refractivity contribution >= 4 is 69.2 Å². The van der Waals surface area contributed by atoms with Crippen LogP contribution in [0.1, 0.15) is 36.3 Å². The van der Waals surface area contributed by atoms with Crippen molar-refractivity contribution in [2.24, 2.45) is 0 Å². The van der Waals surface area contributed by atoms with E-state index in [9.17, 15) is 24.0 Å². The third-order valence-electron chi connectivity index (χ3n) is 7.59. The van der Waals surface area contributed by atoms with E-state index in [1.807, 2.05) is 44.3 Å². The Morgan fingerprint density at radius 1 is 1.00 bits per heavy atom. The largest absolute Gasteiger partial charge is 0.495 e. The first-order chi connectivity index (χ1) is 23.9. The zero-order valence-electron chi connectivity index (χ0n) is 27.5. The number of carbonyl (C=O) groups is 4. The van der Waals surface area contributed by atoms with Gasteiger partial charge in [0.2, 0.25) is 6.29 Å². The van der Waals surface area contributed by atoms with Crippen molar-refractivity contribution in [2.45, 2.75) is 39.5 Å². The number of fused-ring (bicyclic) bond motifs is 1. The smallest absolute Gasteiger partial charge is 0.332 e. The molecular formula is C33H32Cl2N6O9. The average Bonchev–Trinajstić information content (AvgIpc) is 3.32. The van der Waals surface area contributed by atoms with Gasteiger partial charge in [-0.05, 0) is 55.8 Å². The van der Waals surface area contributed by atoms with Gasteiger partial charge >= 0.3 is 17.8 Å². The zero-order chi connectivity index (χ0) is 36.3. The molecule has 15 nitrogen and oxygen atoms in total. The van der Waals surface area contributed by atoms with Gasteiger partial charge in [-0.3, -0.25) is 24.5 Å². The lowest BCUT2D eigenvalue weighted by molar-refractivity contribution is -0.143. The van der Waals surface area contributed by atoms with E-state index >= 15 is 0 Å². The molecule has 1 aromatic heterocycles. The molecule has 0 aliphatic carbocycles. The van der Waals surface area contributed by atoms with Crippen LogP contribution < -0.4 is 35.8 Å². The van der Waals surface area contributed by atoms with Crippen LogP contribution in [0.15, 0.2) is 53.3 Å². The van der Waals surface area contributed by atoms with Crippen LogP contribution in [0.25, 0.3) is 10.9 Å². The summed E-state index contributed by atoms with van der Waals surface area (Å²) in [5.41, 5.74) is 1.69. The number of urea groups is 1. The first-order valence-corrected chi connectivity index (χ1v) is 15.8. The second-order valence-corrected chi connectivity index (χ2v) is 11.8. The molecule has 4 aromatic rings. The number of methoxy groups -OCH3 is 1. The number of carbonyl (C=O) groups excluding carboxylic acids is 4. The predicted molar refractivity (Wildman–Crippen MR) is 183 cm³/mol. The van der Waals surface area contributed by atoms with Crippen LogP contribution in [0.4, 0.5) is 16.2 Å². The number of ether oxygens (including phenoxy) is 3. The van der Waals surface area contributed by atoms with E-state index in [0.29, 0.717) is 27.5 Å². The van der Waals surface area contributed by atoms with Crippen LogP contribution in [-0.2, 0) is 19.1 Å². The minimum absolute atomic E-state index is 0.0161. The molecule has 2 unspecified atom stereocenters. The Bertz CT molecular complexity index is 2070. The van der Waals surface area contributed by atoms with Gasteiger partial charge in [-0.2, -0.15) is 0 Å². The van der Waals surface area contributed by atoms with Gasteiger partial charge in [0.05, 0.1) is 28.7 Å². The van der Waals surface area contributed by atoms with Crippen LogP contribution in [0.3, 0.4) is 0 Å². The van der Waals surface area contributed by atoms with E-state index in [-0.39, 0.29) is 39.1 Å². The normalized spacial score (nSPS) is 14.0. The lowest BCUT2D eigenvalue weighted by Gasteiger charge is -2.25. The van der Waals surface area contributed by atoms with Crippen molar-refractivity contribution in [3.8, 4) is 11.5 Å². The number of aromatic nitrogens is 2.